The monoisotopic (exact) mass is 310 g/mol. The van der Waals surface area contributed by atoms with Crippen molar-refractivity contribution in [3.63, 3.8) is 0 Å². The molecule has 0 aromatic carbocycles. The maximum atomic E-state index is 12.1. The highest BCUT2D eigenvalue weighted by atomic mass is 19.4. The van der Waals surface area contributed by atoms with Gasteiger partial charge in [-0.05, 0) is 20.3 Å². The Morgan fingerprint density at radius 3 is 1.80 bits per heavy atom. The smallest absolute Gasteiger partial charge is 0.423 e. The molecule has 0 unspecified atom stereocenters. The summed E-state index contributed by atoms with van der Waals surface area (Å²) in [6.07, 6.45) is -14.6. The van der Waals surface area contributed by atoms with E-state index in [0.29, 0.717) is 6.42 Å². The van der Waals surface area contributed by atoms with Crippen molar-refractivity contribution < 1.29 is 40.6 Å². The van der Waals surface area contributed by atoms with E-state index in [1.165, 1.54) is 0 Å². The van der Waals surface area contributed by atoms with Crippen molar-refractivity contribution in [2.24, 2.45) is 5.41 Å². The third kappa shape index (κ3) is 5.98. The molecule has 0 aliphatic carbocycles. The van der Waals surface area contributed by atoms with E-state index in [1.807, 2.05) is 0 Å². The lowest BCUT2D eigenvalue weighted by Crippen LogP contribution is -2.45. The van der Waals surface area contributed by atoms with Crippen LogP contribution in [0.2, 0.25) is 0 Å². The van der Waals surface area contributed by atoms with Crippen LogP contribution in [0.4, 0.5) is 26.3 Å². The molecule has 20 heavy (non-hydrogen) atoms. The SMILES string of the molecule is CCC(C)(C)C(=O)OCCOC(C(F)(F)F)C(F)(F)F. The molecule has 9 heteroatoms. The highest BCUT2D eigenvalue weighted by Crippen LogP contribution is 2.35. The number of alkyl halides is 6. The standard InChI is InChI=1S/C11H16F6O3/c1-4-9(2,3)8(18)20-6-5-19-7(10(12,13)14)11(15,16)17/h7H,4-6H2,1-3H3. The molecule has 0 saturated heterocycles. The number of ether oxygens (including phenoxy) is 2. The van der Waals surface area contributed by atoms with Crippen LogP contribution in [0.25, 0.3) is 0 Å². The molecule has 0 rings (SSSR count). The van der Waals surface area contributed by atoms with Crippen molar-refractivity contribution in [1.82, 2.24) is 0 Å². The third-order valence-corrected chi connectivity index (χ3v) is 2.63. The van der Waals surface area contributed by atoms with Crippen LogP contribution < -0.4 is 0 Å². The largest absolute Gasteiger partial charge is 0.463 e. The Morgan fingerprint density at radius 2 is 1.45 bits per heavy atom. The van der Waals surface area contributed by atoms with Crippen molar-refractivity contribution >= 4 is 5.97 Å². The number of halogens is 6. The third-order valence-electron chi connectivity index (χ3n) is 2.63. The quantitative estimate of drug-likeness (QED) is 0.428. The van der Waals surface area contributed by atoms with Crippen LogP contribution in [0.5, 0.6) is 0 Å². The van der Waals surface area contributed by atoms with Gasteiger partial charge in [-0.3, -0.25) is 4.79 Å². The van der Waals surface area contributed by atoms with E-state index in [4.69, 9.17) is 0 Å². The topological polar surface area (TPSA) is 35.5 Å². The molecule has 3 nitrogen and oxygen atoms in total. The second-order valence-corrected chi connectivity index (χ2v) is 4.71. The lowest BCUT2D eigenvalue weighted by molar-refractivity contribution is -0.322. The first-order chi connectivity index (χ1) is 8.82. The molecular weight excluding hydrogens is 294 g/mol. The van der Waals surface area contributed by atoms with E-state index in [2.05, 4.69) is 9.47 Å². The van der Waals surface area contributed by atoms with Gasteiger partial charge in [0, 0.05) is 0 Å². The fraction of sp³-hybridized carbons (Fsp3) is 0.909. The number of hydrogen-bond acceptors (Lipinski definition) is 3. The molecule has 0 N–H and O–H groups in total. The van der Waals surface area contributed by atoms with E-state index in [9.17, 15) is 31.1 Å². The van der Waals surface area contributed by atoms with Crippen molar-refractivity contribution in [2.75, 3.05) is 13.2 Å². The average molecular weight is 310 g/mol. The van der Waals surface area contributed by atoms with E-state index >= 15 is 0 Å². The maximum Gasteiger partial charge on any atom is 0.423 e. The number of hydrogen-bond donors (Lipinski definition) is 0. The Morgan fingerprint density at radius 1 is 1.00 bits per heavy atom. The number of rotatable bonds is 6. The first kappa shape index (κ1) is 19.0. The molecular formula is C11H16F6O3. The molecule has 0 fully saturated rings. The lowest BCUT2D eigenvalue weighted by Gasteiger charge is -2.24. The maximum absolute atomic E-state index is 12.1. The van der Waals surface area contributed by atoms with Crippen molar-refractivity contribution in [3.8, 4) is 0 Å². The Hall–Kier alpha value is -0.990. The molecule has 0 aliphatic heterocycles. The Bertz CT molecular complexity index is 307. The van der Waals surface area contributed by atoms with Gasteiger partial charge in [-0.25, -0.2) is 0 Å². The van der Waals surface area contributed by atoms with Gasteiger partial charge < -0.3 is 9.47 Å². The molecule has 0 saturated carbocycles. The molecule has 0 bridgehead atoms. The zero-order chi connectivity index (χ0) is 16.2. The minimum Gasteiger partial charge on any atom is -0.463 e. The van der Waals surface area contributed by atoms with E-state index in [1.54, 1.807) is 20.8 Å². The van der Waals surface area contributed by atoms with Crippen LogP contribution in [0.3, 0.4) is 0 Å². The average Bonchev–Trinajstić information content (AvgIpc) is 2.24. The highest BCUT2D eigenvalue weighted by Gasteiger charge is 2.57. The molecule has 0 aromatic heterocycles. The molecule has 0 aromatic rings. The van der Waals surface area contributed by atoms with Crippen LogP contribution >= 0.6 is 0 Å². The van der Waals surface area contributed by atoms with Gasteiger partial charge in [0.1, 0.15) is 6.61 Å². The van der Waals surface area contributed by atoms with Gasteiger partial charge in [0.25, 0.3) is 0 Å². The first-order valence-corrected chi connectivity index (χ1v) is 5.74. The van der Waals surface area contributed by atoms with E-state index in [-0.39, 0.29) is 0 Å². The van der Waals surface area contributed by atoms with Crippen molar-refractivity contribution in [3.05, 3.63) is 0 Å². The summed E-state index contributed by atoms with van der Waals surface area (Å²) in [5, 5.41) is 0. The van der Waals surface area contributed by atoms with Gasteiger partial charge in [0.05, 0.1) is 12.0 Å². The molecule has 0 heterocycles. The lowest BCUT2D eigenvalue weighted by atomic mass is 9.91. The summed E-state index contributed by atoms with van der Waals surface area (Å²) >= 11 is 0. The minimum absolute atomic E-state index is 0.417. The van der Waals surface area contributed by atoms with Crippen LogP contribution in [0.15, 0.2) is 0 Å². The minimum atomic E-state index is -5.56. The van der Waals surface area contributed by atoms with Crippen LogP contribution in [0.1, 0.15) is 27.2 Å². The predicted molar refractivity (Wildman–Crippen MR) is 56.9 cm³/mol. The first-order valence-electron chi connectivity index (χ1n) is 5.74. The van der Waals surface area contributed by atoms with Gasteiger partial charge >= 0.3 is 18.3 Å². The van der Waals surface area contributed by atoms with Gasteiger partial charge in [-0.15, -0.1) is 0 Å². The van der Waals surface area contributed by atoms with Crippen LogP contribution in [-0.4, -0.2) is 37.6 Å². The van der Waals surface area contributed by atoms with Crippen molar-refractivity contribution in [1.29, 1.82) is 0 Å². The number of carbonyl (C=O) groups excluding carboxylic acids is 1. The Kier molecular flexibility index (Phi) is 6.31. The van der Waals surface area contributed by atoms with Gasteiger partial charge in [-0.2, -0.15) is 26.3 Å². The Balaban J connectivity index is 4.32. The second-order valence-electron chi connectivity index (χ2n) is 4.71. The summed E-state index contributed by atoms with van der Waals surface area (Å²) in [5.41, 5.74) is -0.854. The zero-order valence-electron chi connectivity index (χ0n) is 11.2. The summed E-state index contributed by atoms with van der Waals surface area (Å²) in [5.74, 6) is -0.709. The van der Waals surface area contributed by atoms with Crippen LogP contribution in [0, 0.1) is 5.41 Å². The fourth-order valence-electron chi connectivity index (χ4n) is 1.01. The number of carbonyl (C=O) groups is 1. The highest BCUT2D eigenvalue weighted by molar-refractivity contribution is 5.75. The molecule has 0 atom stereocenters. The predicted octanol–water partition coefficient (Wildman–Crippen LogP) is 3.48. The Labute approximate surface area is 112 Å². The van der Waals surface area contributed by atoms with Crippen molar-refractivity contribution in [2.45, 2.75) is 45.6 Å². The van der Waals surface area contributed by atoms with Gasteiger partial charge in [0.15, 0.2) is 0 Å². The molecule has 0 aliphatic rings. The summed E-state index contributed by atoms with van der Waals surface area (Å²) in [6, 6.07) is 0. The summed E-state index contributed by atoms with van der Waals surface area (Å²) in [7, 11) is 0. The fourth-order valence-corrected chi connectivity index (χ4v) is 1.01. The van der Waals surface area contributed by atoms with Crippen LogP contribution in [-0.2, 0) is 14.3 Å². The summed E-state index contributed by atoms with van der Waals surface area (Å²) < 4.78 is 80.9. The number of esters is 1. The van der Waals surface area contributed by atoms with Gasteiger partial charge in [0.2, 0.25) is 6.10 Å². The molecule has 0 amide bonds. The normalized spacial score (nSPS) is 13.7. The molecule has 0 spiro atoms. The van der Waals surface area contributed by atoms with E-state index in [0.717, 1.165) is 0 Å². The summed E-state index contributed by atoms with van der Waals surface area (Å²) in [6.45, 7) is 3.12. The summed E-state index contributed by atoms with van der Waals surface area (Å²) in [4.78, 5) is 11.4. The van der Waals surface area contributed by atoms with Gasteiger partial charge in [-0.1, -0.05) is 6.92 Å². The zero-order valence-corrected chi connectivity index (χ0v) is 11.2. The second kappa shape index (κ2) is 6.64. The molecule has 0 radical (unpaired) electrons. The van der Waals surface area contributed by atoms with E-state index < -0.39 is 43.1 Å². The molecule has 120 valence electrons.